The lowest BCUT2D eigenvalue weighted by Crippen LogP contribution is -2.23. The summed E-state index contributed by atoms with van der Waals surface area (Å²) < 4.78 is 6.82. The maximum Gasteiger partial charge on any atom is 0.127 e. The lowest BCUT2D eigenvalue weighted by atomic mass is 10.0. The van der Waals surface area contributed by atoms with Crippen molar-refractivity contribution >= 4 is 15.9 Å². The monoisotopic (exact) mass is 327 g/mol. The molecule has 0 fully saturated rings. The Morgan fingerprint density at radius 1 is 1.42 bits per heavy atom. The number of ether oxygens (including phenoxy) is 1. The summed E-state index contributed by atoms with van der Waals surface area (Å²) in [6.07, 6.45) is 1.61. The molecule has 0 unspecified atom stereocenters. The van der Waals surface area contributed by atoms with Gasteiger partial charge in [-0.25, -0.2) is 0 Å². The van der Waals surface area contributed by atoms with Gasteiger partial charge in [-0.2, -0.15) is 0 Å². The van der Waals surface area contributed by atoms with Crippen molar-refractivity contribution in [1.29, 1.82) is 0 Å². The zero-order valence-corrected chi connectivity index (χ0v) is 13.2. The summed E-state index contributed by atoms with van der Waals surface area (Å²) in [4.78, 5) is 0. The van der Waals surface area contributed by atoms with Crippen LogP contribution >= 0.6 is 15.9 Å². The molecule has 1 aliphatic heterocycles. The molecule has 2 N–H and O–H groups in total. The smallest absolute Gasteiger partial charge is 0.127 e. The number of halogens is 1. The maximum absolute atomic E-state index is 9.35. The Bertz CT molecular complexity index is 434. The molecule has 0 bridgehead atoms. The number of hydrogen-bond acceptors (Lipinski definition) is 3. The van der Waals surface area contributed by atoms with Crippen molar-refractivity contribution in [3.05, 3.63) is 27.7 Å². The second-order valence-electron chi connectivity index (χ2n) is 5.47. The second-order valence-corrected chi connectivity index (χ2v) is 6.39. The third kappa shape index (κ3) is 4.20. The first-order valence-corrected chi connectivity index (χ1v) is 7.68. The van der Waals surface area contributed by atoms with E-state index in [0.29, 0.717) is 5.92 Å². The van der Waals surface area contributed by atoms with Gasteiger partial charge in [0.2, 0.25) is 0 Å². The Labute approximate surface area is 123 Å². The van der Waals surface area contributed by atoms with Crippen LogP contribution in [0.25, 0.3) is 0 Å². The predicted molar refractivity (Wildman–Crippen MR) is 80.5 cm³/mol. The van der Waals surface area contributed by atoms with Crippen LogP contribution in [0.1, 0.15) is 31.4 Å². The molecule has 3 nitrogen and oxygen atoms in total. The molecule has 4 heteroatoms. The highest BCUT2D eigenvalue weighted by atomic mass is 79.9. The third-order valence-corrected chi connectivity index (χ3v) is 3.83. The van der Waals surface area contributed by atoms with Crippen molar-refractivity contribution in [2.45, 2.75) is 39.3 Å². The van der Waals surface area contributed by atoms with Crippen LogP contribution in [-0.4, -0.2) is 24.4 Å². The first-order chi connectivity index (χ1) is 9.06. The summed E-state index contributed by atoms with van der Waals surface area (Å²) in [6.45, 7) is 6.50. The standard InChI is InChI=1S/C15H22BrNO2/c1-10(5-11(2)18)8-17-9-13-7-14(16)6-12-3-4-19-15(12)13/h6-7,10-11,17-18H,3-5,8-9H2,1-2H3/t10-,11-/m1/s1. The fraction of sp³-hybridized carbons (Fsp3) is 0.600. The van der Waals surface area contributed by atoms with E-state index >= 15 is 0 Å². The van der Waals surface area contributed by atoms with E-state index in [1.807, 2.05) is 6.92 Å². The number of benzene rings is 1. The van der Waals surface area contributed by atoms with Gasteiger partial charge < -0.3 is 15.2 Å². The second kappa shape index (κ2) is 6.73. The quantitative estimate of drug-likeness (QED) is 0.844. The van der Waals surface area contributed by atoms with Gasteiger partial charge in [-0.05, 0) is 43.5 Å². The molecule has 2 atom stereocenters. The van der Waals surface area contributed by atoms with Gasteiger partial charge >= 0.3 is 0 Å². The number of rotatable bonds is 6. The van der Waals surface area contributed by atoms with Gasteiger partial charge in [-0.15, -0.1) is 0 Å². The average molecular weight is 328 g/mol. The lowest BCUT2D eigenvalue weighted by molar-refractivity contribution is 0.163. The molecule has 0 saturated heterocycles. The Hall–Kier alpha value is -0.580. The minimum atomic E-state index is -0.227. The summed E-state index contributed by atoms with van der Waals surface area (Å²) in [6, 6.07) is 4.26. The number of fused-ring (bicyclic) bond motifs is 1. The highest BCUT2D eigenvalue weighted by molar-refractivity contribution is 9.10. The first kappa shape index (κ1) is 14.8. The molecule has 1 aromatic carbocycles. The molecular weight excluding hydrogens is 306 g/mol. The Kier molecular flexibility index (Phi) is 5.25. The SMILES string of the molecule is C[C@@H](CNCc1cc(Br)cc2c1OCC2)C[C@@H](C)O. The average Bonchev–Trinajstić information content (AvgIpc) is 2.75. The van der Waals surface area contributed by atoms with Crippen molar-refractivity contribution in [3.63, 3.8) is 0 Å². The molecule has 1 heterocycles. The van der Waals surface area contributed by atoms with Gasteiger partial charge in [0, 0.05) is 23.0 Å². The zero-order valence-electron chi connectivity index (χ0n) is 11.6. The minimum absolute atomic E-state index is 0.227. The van der Waals surface area contributed by atoms with Crippen LogP contribution in [0.15, 0.2) is 16.6 Å². The third-order valence-electron chi connectivity index (χ3n) is 3.38. The molecule has 0 aromatic heterocycles. The largest absolute Gasteiger partial charge is 0.493 e. The van der Waals surface area contributed by atoms with Crippen molar-refractivity contribution in [3.8, 4) is 5.75 Å². The highest BCUT2D eigenvalue weighted by Gasteiger charge is 2.17. The van der Waals surface area contributed by atoms with Crippen molar-refractivity contribution in [1.82, 2.24) is 5.32 Å². The Morgan fingerprint density at radius 2 is 2.21 bits per heavy atom. The van der Waals surface area contributed by atoms with E-state index in [1.165, 1.54) is 11.1 Å². The molecule has 0 amide bonds. The molecular formula is C15H22BrNO2. The van der Waals surface area contributed by atoms with Crippen LogP contribution in [0.2, 0.25) is 0 Å². The molecule has 19 heavy (non-hydrogen) atoms. The van der Waals surface area contributed by atoms with E-state index in [1.54, 1.807) is 0 Å². The summed E-state index contributed by atoms with van der Waals surface area (Å²) in [7, 11) is 0. The van der Waals surface area contributed by atoms with Crippen LogP contribution in [0.5, 0.6) is 5.75 Å². The van der Waals surface area contributed by atoms with Gasteiger partial charge in [0.05, 0.1) is 12.7 Å². The summed E-state index contributed by atoms with van der Waals surface area (Å²) in [5.41, 5.74) is 2.51. The molecule has 0 saturated carbocycles. The molecule has 2 rings (SSSR count). The molecule has 0 radical (unpaired) electrons. The van der Waals surface area contributed by atoms with Gasteiger partial charge in [0.25, 0.3) is 0 Å². The lowest BCUT2D eigenvalue weighted by Gasteiger charge is -2.15. The highest BCUT2D eigenvalue weighted by Crippen LogP contribution is 2.32. The normalized spacial score (nSPS) is 16.8. The topological polar surface area (TPSA) is 41.5 Å². The van der Waals surface area contributed by atoms with E-state index in [4.69, 9.17) is 4.74 Å². The molecule has 106 valence electrons. The molecule has 0 aliphatic carbocycles. The fourth-order valence-corrected chi connectivity index (χ4v) is 3.15. The summed E-state index contributed by atoms with van der Waals surface area (Å²) in [5, 5.41) is 12.8. The van der Waals surface area contributed by atoms with Gasteiger partial charge in [-0.1, -0.05) is 22.9 Å². The fourth-order valence-electron chi connectivity index (χ4n) is 2.60. The molecule has 1 aliphatic rings. The predicted octanol–water partition coefficient (Wildman–Crippen LogP) is 2.88. The van der Waals surface area contributed by atoms with Crippen LogP contribution in [-0.2, 0) is 13.0 Å². The Balaban J connectivity index is 1.90. The summed E-state index contributed by atoms with van der Waals surface area (Å²) >= 11 is 3.55. The van der Waals surface area contributed by atoms with Crippen molar-refractivity contribution in [2.75, 3.05) is 13.2 Å². The number of aliphatic hydroxyl groups is 1. The number of hydrogen-bond donors (Lipinski definition) is 2. The van der Waals surface area contributed by atoms with Crippen LogP contribution in [0.4, 0.5) is 0 Å². The van der Waals surface area contributed by atoms with Crippen LogP contribution < -0.4 is 10.1 Å². The Morgan fingerprint density at radius 3 is 2.95 bits per heavy atom. The van der Waals surface area contributed by atoms with E-state index < -0.39 is 0 Å². The molecule has 1 aromatic rings. The van der Waals surface area contributed by atoms with Crippen molar-refractivity contribution < 1.29 is 9.84 Å². The summed E-state index contributed by atoms with van der Waals surface area (Å²) in [5.74, 6) is 1.53. The molecule has 0 spiro atoms. The van der Waals surface area contributed by atoms with E-state index in [2.05, 4.69) is 40.3 Å². The maximum atomic E-state index is 9.35. The van der Waals surface area contributed by atoms with E-state index in [0.717, 1.165) is 42.8 Å². The van der Waals surface area contributed by atoms with E-state index in [-0.39, 0.29) is 6.10 Å². The first-order valence-electron chi connectivity index (χ1n) is 6.89. The van der Waals surface area contributed by atoms with Crippen molar-refractivity contribution in [2.24, 2.45) is 5.92 Å². The zero-order chi connectivity index (χ0) is 13.8. The van der Waals surface area contributed by atoms with Crippen LogP contribution in [0, 0.1) is 5.92 Å². The van der Waals surface area contributed by atoms with E-state index in [9.17, 15) is 5.11 Å². The minimum Gasteiger partial charge on any atom is -0.493 e. The number of nitrogens with one attached hydrogen (secondary N) is 1. The van der Waals surface area contributed by atoms with Gasteiger partial charge in [0.1, 0.15) is 5.75 Å². The van der Waals surface area contributed by atoms with Crippen LogP contribution in [0.3, 0.4) is 0 Å². The van der Waals surface area contributed by atoms with Gasteiger partial charge in [-0.3, -0.25) is 0 Å². The number of aliphatic hydroxyl groups excluding tert-OH is 1. The van der Waals surface area contributed by atoms with Gasteiger partial charge in [0.15, 0.2) is 0 Å².